The zero-order chi connectivity index (χ0) is 16.5. The first-order valence-electron chi connectivity index (χ1n) is 8.60. The Labute approximate surface area is 142 Å². The number of fused-ring (bicyclic) bond motifs is 1. The first kappa shape index (κ1) is 15.1. The Bertz CT molecular complexity index is 761. The van der Waals surface area contributed by atoms with Gasteiger partial charge in [-0.3, -0.25) is 4.79 Å². The van der Waals surface area contributed by atoms with E-state index in [4.69, 9.17) is 0 Å². The highest BCUT2D eigenvalue weighted by Crippen LogP contribution is 2.26. The highest BCUT2D eigenvalue weighted by atomic mass is 16.2. The molecule has 0 saturated carbocycles. The monoisotopic (exact) mass is 322 g/mol. The number of hydrogen-bond acceptors (Lipinski definition) is 4. The van der Waals surface area contributed by atoms with Gasteiger partial charge < -0.3 is 9.80 Å². The third-order valence-electron chi connectivity index (χ3n) is 5.09. The molecule has 0 bridgehead atoms. The van der Waals surface area contributed by atoms with E-state index in [1.807, 2.05) is 17.9 Å². The van der Waals surface area contributed by atoms with Gasteiger partial charge in [0, 0.05) is 37.9 Å². The molecule has 5 heteroatoms. The Morgan fingerprint density at radius 2 is 2.00 bits per heavy atom. The molecule has 1 aromatic carbocycles. The average Bonchev–Trinajstić information content (AvgIpc) is 3.11. The Hall–Kier alpha value is -2.43. The van der Waals surface area contributed by atoms with Gasteiger partial charge in [-0.15, -0.1) is 0 Å². The third kappa shape index (κ3) is 2.86. The molecule has 1 unspecified atom stereocenters. The smallest absolute Gasteiger partial charge is 0.227 e. The van der Waals surface area contributed by atoms with E-state index < -0.39 is 0 Å². The molecule has 1 saturated heterocycles. The first-order valence-corrected chi connectivity index (χ1v) is 8.60. The van der Waals surface area contributed by atoms with E-state index in [1.165, 1.54) is 11.1 Å². The van der Waals surface area contributed by atoms with Crippen molar-refractivity contribution in [1.82, 2.24) is 14.9 Å². The lowest BCUT2D eigenvalue weighted by atomic mass is 9.98. The minimum Gasteiger partial charge on any atom is -0.356 e. The van der Waals surface area contributed by atoms with Crippen molar-refractivity contribution in [2.24, 2.45) is 5.92 Å². The Morgan fingerprint density at radius 3 is 2.83 bits per heavy atom. The molecule has 24 heavy (non-hydrogen) atoms. The molecule has 1 fully saturated rings. The summed E-state index contributed by atoms with van der Waals surface area (Å²) in [5.74, 6) is 1.30. The first-order chi connectivity index (χ1) is 11.7. The number of benzene rings is 1. The van der Waals surface area contributed by atoms with E-state index in [2.05, 4.69) is 39.1 Å². The Morgan fingerprint density at radius 1 is 1.17 bits per heavy atom. The van der Waals surface area contributed by atoms with Crippen molar-refractivity contribution in [3.63, 3.8) is 0 Å². The van der Waals surface area contributed by atoms with Crippen LogP contribution in [0.3, 0.4) is 0 Å². The molecule has 0 radical (unpaired) electrons. The van der Waals surface area contributed by atoms with E-state index >= 15 is 0 Å². The minimum absolute atomic E-state index is 0.0746. The highest BCUT2D eigenvalue weighted by Gasteiger charge is 2.33. The van der Waals surface area contributed by atoms with E-state index in [9.17, 15) is 4.79 Å². The predicted molar refractivity (Wildman–Crippen MR) is 92.7 cm³/mol. The van der Waals surface area contributed by atoms with Crippen molar-refractivity contribution in [2.45, 2.75) is 26.3 Å². The summed E-state index contributed by atoms with van der Waals surface area (Å²) in [6.45, 7) is 5.19. The van der Waals surface area contributed by atoms with Crippen molar-refractivity contribution in [1.29, 1.82) is 0 Å². The molecule has 0 spiro atoms. The van der Waals surface area contributed by atoms with E-state index in [0.717, 1.165) is 50.5 Å². The lowest BCUT2D eigenvalue weighted by Crippen LogP contribution is -2.40. The fraction of sp³-hybridized carbons (Fsp3) is 0.421. The number of anilines is 1. The van der Waals surface area contributed by atoms with Gasteiger partial charge in [-0.1, -0.05) is 24.3 Å². The quantitative estimate of drug-likeness (QED) is 0.850. The lowest BCUT2D eigenvalue weighted by molar-refractivity contribution is -0.135. The van der Waals surface area contributed by atoms with Crippen LogP contribution in [-0.2, 0) is 17.8 Å². The zero-order valence-corrected chi connectivity index (χ0v) is 14.0. The number of amides is 1. The number of nitrogens with zero attached hydrogens (tertiary/aromatic N) is 4. The SMILES string of the molecule is Cc1cc(N2CCC(C(=O)N3CCc4ccccc4C3)C2)ncn1. The van der Waals surface area contributed by atoms with Crippen LogP contribution in [0.25, 0.3) is 0 Å². The number of carbonyl (C=O) groups is 1. The van der Waals surface area contributed by atoms with Crippen LogP contribution in [0.4, 0.5) is 5.82 Å². The number of aromatic nitrogens is 2. The molecule has 2 aromatic rings. The fourth-order valence-electron chi connectivity index (χ4n) is 3.73. The van der Waals surface area contributed by atoms with Crippen molar-refractivity contribution >= 4 is 11.7 Å². The molecular formula is C19H22N4O. The van der Waals surface area contributed by atoms with Crippen LogP contribution >= 0.6 is 0 Å². The topological polar surface area (TPSA) is 49.3 Å². The van der Waals surface area contributed by atoms with Gasteiger partial charge in [-0.2, -0.15) is 0 Å². The molecule has 1 amide bonds. The molecule has 0 aliphatic carbocycles. The van der Waals surface area contributed by atoms with Crippen molar-refractivity contribution < 1.29 is 4.79 Å². The molecule has 2 aliphatic heterocycles. The molecule has 0 N–H and O–H groups in total. The summed E-state index contributed by atoms with van der Waals surface area (Å²) in [4.78, 5) is 25.6. The average molecular weight is 322 g/mol. The zero-order valence-electron chi connectivity index (χ0n) is 14.0. The van der Waals surface area contributed by atoms with Crippen LogP contribution in [0.15, 0.2) is 36.7 Å². The maximum atomic E-state index is 12.9. The van der Waals surface area contributed by atoms with Gasteiger partial charge in [-0.05, 0) is 30.9 Å². The second kappa shape index (κ2) is 6.23. The summed E-state index contributed by atoms with van der Waals surface area (Å²) in [5, 5.41) is 0. The van der Waals surface area contributed by atoms with Gasteiger partial charge in [-0.25, -0.2) is 9.97 Å². The Balaban J connectivity index is 1.43. The van der Waals surface area contributed by atoms with E-state index in [0.29, 0.717) is 0 Å². The fourth-order valence-corrected chi connectivity index (χ4v) is 3.73. The molecule has 3 heterocycles. The summed E-state index contributed by atoms with van der Waals surface area (Å²) in [7, 11) is 0. The van der Waals surface area contributed by atoms with Gasteiger partial charge in [0.05, 0.1) is 5.92 Å². The second-order valence-corrected chi connectivity index (χ2v) is 6.73. The largest absolute Gasteiger partial charge is 0.356 e. The van der Waals surface area contributed by atoms with E-state index in [-0.39, 0.29) is 11.8 Å². The van der Waals surface area contributed by atoms with Crippen LogP contribution < -0.4 is 4.90 Å². The van der Waals surface area contributed by atoms with Gasteiger partial charge in [0.2, 0.25) is 5.91 Å². The summed E-state index contributed by atoms with van der Waals surface area (Å²) >= 11 is 0. The lowest BCUT2D eigenvalue weighted by Gasteiger charge is -2.31. The minimum atomic E-state index is 0.0746. The van der Waals surface area contributed by atoms with Crippen LogP contribution in [0.5, 0.6) is 0 Å². The normalized spacial score (nSPS) is 20.1. The van der Waals surface area contributed by atoms with Gasteiger partial charge in [0.1, 0.15) is 12.1 Å². The number of hydrogen-bond donors (Lipinski definition) is 0. The molecular weight excluding hydrogens is 300 g/mol. The molecule has 1 atom stereocenters. The van der Waals surface area contributed by atoms with Crippen LogP contribution in [0.2, 0.25) is 0 Å². The summed E-state index contributed by atoms with van der Waals surface area (Å²) < 4.78 is 0. The molecule has 5 nitrogen and oxygen atoms in total. The van der Waals surface area contributed by atoms with E-state index in [1.54, 1.807) is 6.33 Å². The van der Waals surface area contributed by atoms with Gasteiger partial charge in [0.15, 0.2) is 0 Å². The number of aryl methyl sites for hydroxylation is 1. The standard InChI is InChI=1S/C19H22N4O/c1-14-10-18(21-13-20-14)22-8-7-17(12-22)19(24)23-9-6-15-4-2-3-5-16(15)11-23/h2-5,10,13,17H,6-9,11-12H2,1H3. The summed E-state index contributed by atoms with van der Waals surface area (Å²) in [6.07, 6.45) is 3.46. The third-order valence-corrected chi connectivity index (χ3v) is 5.09. The Kier molecular flexibility index (Phi) is 3.92. The number of carbonyl (C=O) groups excluding carboxylic acids is 1. The number of rotatable bonds is 2. The van der Waals surface area contributed by atoms with Crippen molar-refractivity contribution in [3.05, 3.63) is 53.5 Å². The summed E-state index contributed by atoms with van der Waals surface area (Å²) in [6, 6.07) is 10.4. The highest BCUT2D eigenvalue weighted by molar-refractivity contribution is 5.80. The summed E-state index contributed by atoms with van der Waals surface area (Å²) in [5.41, 5.74) is 3.63. The van der Waals surface area contributed by atoms with Gasteiger partial charge >= 0.3 is 0 Å². The van der Waals surface area contributed by atoms with Crippen LogP contribution in [-0.4, -0.2) is 40.4 Å². The second-order valence-electron chi connectivity index (χ2n) is 6.73. The molecule has 2 aliphatic rings. The molecule has 4 rings (SSSR count). The van der Waals surface area contributed by atoms with Crippen LogP contribution in [0.1, 0.15) is 23.2 Å². The maximum absolute atomic E-state index is 12.9. The molecule has 124 valence electrons. The molecule has 1 aromatic heterocycles. The maximum Gasteiger partial charge on any atom is 0.227 e. The van der Waals surface area contributed by atoms with Crippen molar-refractivity contribution in [3.8, 4) is 0 Å². The predicted octanol–water partition coefficient (Wildman–Crippen LogP) is 2.20. The van der Waals surface area contributed by atoms with Gasteiger partial charge in [0.25, 0.3) is 0 Å². The van der Waals surface area contributed by atoms with Crippen molar-refractivity contribution in [2.75, 3.05) is 24.5 Å². The van der Waals surface area contributed by atoms with Crippen LogP contribution in [0, 0.1) is 12.8 Å².